The highest BCUT2D eigenvalue weighted by Gasteiger charge is 2.14. The Morgan fingerprint density at radius 1 is 1.33 bits per heavy atom. The first-order valence-corrected chi connectivity index (χ1v) is 8.91. The fourth-order valence-corrected chi connectivity index (χ4v) is 3.51. The van der Waals surface area contributed by atoms with Gasteiger partial charge in [-0.25, -0.2) is 13.1 Å². The summed E-state index contributed by atoms with van der Waals surface area (Å²) in [6.45, 7) is 1.26. The van der Waals surface area contributed by atoms with E-state index < -0.39 is 10.0 Å². The number of amides is 1. The van der Waals surface area contributed by atoms with E-state index in [1.807, 2.05) is 0 Å². The lowest BCUT2D eigenvalue weighted by Crippen LogP contribution is -2.31. The number of rotatable bonds is 11. The molecule has 0 unspecified atom stereocenters. The van der Waals surface area contributed by atoms with Crippen molar-refractivity contribution in [1.29, 1.82) is 0 Å². The number of carbonyl (C=O) groups is 1. The summed E-state index contributed by atoms with van der Waals surface area (Å²) in [5.74, 6) is -0.217. The van der Waals surface area contributed by atoms with Crippen LogP contribution in [0.25, 0.3) is 0 Å². The Labute approximate surface area is 128 Å². The molecule has 120 valence electrons. The average Bonchev–Trinajstić information content (AvgIpc) is 2.97. The molecule has 0 saturated heterocycles. The number of nitrogens with one attached hydrogen (secondary N) is 2. The molecule has 0 aliphatic carbocycles. The van der Waals surface area contributed by atoms with Gasteiger partial charge in [-0.2, -0.15) is 0 Å². The maximum absolute atomic E-state index is 11.8. The highest BCUT2D eigenvalue weighted by molar-refractivity contribution is 7.91. The minimum absolute atomic E-state index is 0.0171. The molecule has 0 fully saturated rings. The zero-order chi connectivity index (χ0) is 15.6. The van der Waals surface area contributed by atoms with Crippen molar-refractivity contribution in [2.24, 2.45) is 0 Å². The number of ether oxygens (including phenoxy) is 1. The first-order chi connectivity index (χ1) is 10.1. The number of sulfonamides is 1. The second-order valence-electron chi connectivity index (χ2n) is 4.12. The van der Waals surface area contributed by atoms with Gasteiger partial charge >= 0.3 is 0 Å². The quantitative estimate of drug-likeness (QED) is 0.491. The molecule has 21 heavy (non-hydrogen) atoms. The molecule has 0 spiro atoms. The monoisotopic (exact) mass is 336 g/mol. The third-order valence-corrected chi connectivity index (χ3v) is 5.29. The molecule has 1 amide bonds. The second kappa shape index (κ2) is 9.85. The van der Waals surface area contributed by atoms with Gasteiger partial charge in [0.1, 0.15) is 4.21 Å². The number of hydrogen-bond acceptors (Lipinski definition) is 6. The van der Waals surface area contributed by atoms with E-state index in [1.54, 1.807) is 11.4 Å². The Bertz CT molecular complexity index is 502. The van der Waals surface area contributed by atoms with E-state index in [2.05, 4.69) is 10.0 Å². The molecule has 3 N–H and O–H groups in total. The Kier molecular flexibility index (Phi) is 8.47. The van der Waals surface area contributed by atoms with Gasteiger partial charge in [-0.05, 0) is 17.9 Å². The van der Waals surface area contributed by atoms with E-state index >= 15 is 0 Å². The van der Waals surface area contributed by atoms with Crippen LogP contribution in [0.15, 0.2) is 21.7 Å². The van der Waals surface area contributed by atoms with Crippen LogP contribution in [-0.2, 0) is 19.6 Å². The maximum atomic E-state index is 11.8. The number of aliphatic hydroxyl groups is 1. The van der Waals surface area contributed by atoms with E-state index in [0.717, 1.165) is 11.3 Å². The zero-order valence-corrected chi connectivity index (χ0v) is 13.2. The molecule has 0 aromatic carbocycles. The van der Waals surface area contributed by atoms with Gasteiger partial charge < -0.3 is 15.2 Å². The summed E-state index contributed by atoms with van der Waals surface area (Å²) in [7, 11) is -3.50. The highest BCUT2D eigenvalue weighted by atomic mass is 32.2. The molecule has 1 rings (SSSR count). The second-order valence-corrected chi connectivity index (χ2v) is 7.06. The molecule has 0 saturated carbocycles. The Morgan fingerprint density at radius 3 is 2.81 bits per heavy atom. The standard InChI is InChI=1S/C12H20N2O5S2/c15-7-9-19-8-2-5-13-11(16)4-6-14-21(17,18)12-3-1-10-20-12/h1,3,10,14-15H,2,4-9H2,(H,13,16). The van der Waals surface area contributed by atoms with Gasteiger partial charge in [0, 0.05) is 26.1 Å². The average molecular weight is 336 g/mol. The molecule has 0 aliphatic rings. The largest absolute Gasteiger partial charge is 0.394 e. The van der Waals surface area contributed by atoms with Crippen molar-refractivity contribution in [3.8, 4) is 0 Å². The van der Waals surface area contributed by atoms with Crippen LogP contribution >= 0.6 is 11.3 Å². The minimum Gasteiger partial charge on any atom is -0.394 e. The number of carbonyl (C=O) groups excluding carboxylic acids is 1. The molecular weight excluding hydrogens is 316 g/mol. The lowest BCUT2D eigenvalue weighted by molar-refractivity contribution is -0.120. The van der Waals surface area contributed by atoms with Crippen LogP contribution in [-0.4, -0.2) is 52.3 Å². The molecule has 7 nitrogen and oxygen atoms in total. The van der Waals surface area contributed by atoms with Gasteiger partial charge in [0.25, 0.3) is 0 Å². The molecule has 1 heterocycles. The molecule has 9 heteroatoms. The van der Waals surface area contributed by atoms with Gasteiger partial charge in [0.2, 0.25) is 15.9 Å². The van der Waals surface area contributed by atoms with Crippen LogP contribution in [0.5, 0.6) is 0 Å². The van der Waals surface area contributed by atoms with E-state index in [9.17, 15) is 13.2 Å². The fraction of sp³-hybridized carbons (Fsp3) is 0.583. The van der Waals surface area contributed by atoms with Crippen molar-refractivity contribution in [1.82, 2.24) is 10.0 Å². The molecule has 0 radical (unpaired) electrons. The zero-order valence-electron chi connectivity index (χ0n) is 11.6. The Hall–Kier alpha value is -1.00. The van der Waals surface area contributed by atoms with Crippen LogP contribution < -0.4 is 10.0 Å². The highest BCUT2D eigenvalue weighted by Crippen LogP contribution is 2.14. The third-order valence-electron chi connectivity index (χ3n) is 2.43. The van der Waals surface area contributed by atoms with E-state index in [4.69, 9.17) is 9.84 Å². The van der Waals surface area contributed by atoms with Crippen molar-refractivity contribution in [2.75, 3.05) is 32.9 Å². The van der Waals surface area contributed by atoms with E-state index in [-0.39, 0.29) is 29.7 Å². The normalized spacial score (nSPS) is 11.5. The van der Waals surface area contributed by atoms with Crippen LogP contribution in [0.3, 0.4) is 0 Å². The predicted molar refractivity (Wildman–Crippen MR) is 79.7 cm³/mol. The number of thiophene rings is 1. The summed E-state index contributed by atoms with van der Waals surface area (Å²) in [6, 6.07) is 3.17. The van der Waals surface area contributed by atoms with Crippen LogP contribution in [0.2, 0.25) is 0 Å². The van der Waals surface area contributed by atoms with Gasteiger partial charge in [-0.1, -0.05) is 6.07 Å². The van der Waals surface area contributed by atoms with Crippen LogP contribution in [0.1, 0.15) is 12.8 Å². The topological polar surface area (TPSA) is 105 Å². The Balaban J connectivity index is 2.11. The van der Waals surface area contributed by atoms with Crippen molar-refractivity contribution >= 4 is 27.3 Å². The molecule has 1 aromatic rings. The van der Waals surface area contributed by atoms with Crippen molar-refractivity contribution < 1.29 is 23.1 Å². The summed E-state index contributed by atoms with van der Waals surface area (Å²) in [4.78, 5) is 11.5. The summed E-state index contributed by atoms with van der Waals surface area (Å²) in [5.41, 5.74) is 0. The number of aliphatic hydroxyl groups excluding tert-OH is 1. The van der Waals surface area contributed by atoms with Gasteiger partial charge in [0.05, 0.1) is 13.2 Å². The summed E-state index contributed by atoms with van der Waals surface area (Å²) >= 11 is 1.13. The van der Waals surface area contributed by atoms with Crippen molar-refractivity contribution in [2.45, 2.75) is 17.1 Å². The smallest absolute Gasteiger partial charge is 0.250 e. The molecular formula is C12H20N2O5S2. The summed E-state index contributed by atoms with van der Waals surface area (Å²) in [5, 5.41) is 12.8. The third kappa shape index (κ3) is 7.53. The lowest BCUT2D eigenvalue weighted by atomic mass is 10.4. The van der Waals surface area contributed by atoms with Crippen molar-refractivity contribution in [3.63, 3.8) is 0 Å². The predicted octanol–water partition coefficient (Wildman–Crippen LogP) is -0.0683. The Morgan fingerprint density at radius 2 is 2.14 bits per heavy atom. The summed E-state index contributed by atoms with van der Waals surface area (Å²) in [6.07, 6.45) is 0.731. The van der Waals surface area contributed by atoms with Crippen molar-refractivity contribution in [3.05, 3.63) is 17.5 Å². The molecule has 0 atom stereocenters. The van der Waals surface area contributed by atoms with E-state index in [1.165, 1.54) is 6.07 Å². The van der Waals surface area contributed by atoms with Crippen LogP contribution in [0, 0.1) is 0 Å². The molecule has 0 bridgehead atoms. The minimum atomic E-state index is -3.50. The maximum Gasteiger partial charge on any atom is 0.250 e. The lowest BCUT2D eigenvalue weighted by Gasteiger charge is -2.07. The van der Waals surface area contributed by atoms with Gasteiger partial charge in [0.15, 0.2) is 0 Å². The first-order valence-electron chi connectivity index (χ1n) is 6.55. The number of hydrogen-bond donors (Lipinski definition) is 3. The van der Waals surface area contributed by atoms with Gasteiger partial charge in [-0.15, -0.1) is 11.3 Å². The molecule has 1 aromatic heterocycles. The SMILES string of the molecule is O=C(CCNS(=O)(=O)c1cccs1)NCCCOCCO. The molecule has 0 aliphatic heterocycles. The first kappa shape index (κ1) is 18.1. The summed E-state index contributed by atoms with van der Waals surface area (Å²) < 4.78 is 31.2. The van der Waals surface area contributed by atoms with Crippen LogP contribution in [0.4, 0.5) is 0 Å². The van der Waals surface area contributed by atoms with Gasteiger partial charge in [-0.3, -0.25) is 4.79 Å². The van der Waals surface area contributed by atoms with E-state index in [0.29, 0.717) is 26.2 Å². The fourth-order valence-electron chi connectivity index (χ4n) is 1.44.